The molecule has 1 N–H and O–H groups in total. The average molecular weight is 399 g/mol. The van der Waals surface area contributed by atoms with Crippen LogP contribution in [0, 0.1) is 17.2 Å². The van der Waals surface area contributed by atoms with Gasteiger partial charge in [0.25, 0.3) is 0 Å². The summed E-state index contributed by atoms with van der Waals surface area (Å²) in [4.78, 5) is 26.3. The molecular weight excluding hydrogens is 378 g/mol. The second-order valence-electron chi connectivity index (χ2n) is 6.74. The lowest BCUT2D eigenvalue weighted by atomic mass is 9.88. The van der Waals surface area contributed by atoms with E-state index >= 15 is 0 Å². The molecule has 1 atom stereocenters. The van der Waals surface area contributed by atoms with Gasteiger partial charge in [-0.2, -0.15) is 5.26 Å². The predicted molar refractivity (Wildman–Crippen MR) is 106 cm³/mol. The lowest BCUT2D eigenvalue weighted by Crippen LogP contribution is -2.27. The molecule has 0 aromatic carbocycles. The largest absolute Gasteiger partial charge is 0.465 e. The van der Waals surface area contributed by atoms with Crippen molar-refractivity contribution in [3.63, 3.8) is 0 Å². The third kappa shape index (κ3) is 4.61. The van der Waals surface area contributed by atoms with E-state index in [1.165, 1.54) is 28.6 Å². The number of hydrogen-bond donors (Lipinski definition) is 1. The van der Waals surface area contributed by atoms with Crippen LogP contribution in [0.15, 0.2) is 28.9 Å². The van der Waals surface area contributed by atoms with E-state index in [1.807, 2.05) is 0 Å². The van der Waals surface area contributed by atoms with E-state index in [0.717, 1.165) is 29.7 Å². The van der Waals surface area contributed by atoms with Gasteiger partial charge in [-0.25, -0.2) is 4.79 Å². The van der Waals surface area contributed by atoms with Crippen molar-refractivity contribution in [2.45, 2.75) is 19.3 Å². The summed E-state index contributed by atoms with van der Waals surface area (Å²) in [6.45, 7) is 0.351. The smallest absolute Gasteiger partial charge is 0.409 e. The van der Waals surface area contributed by atoms with Gasteiger partial charge in [-0.1, -0.05) is 0 Å². The van der Waals surface area contributed by atoms with Crippen LogP contribution in [0.4, 0.5) is 9.80 Å². The van der Waals surface area contributed by atoms with Crippen molar-refractivity contribution in [2.75, 3.05) is 26.0 Å². The second kappa shape index (κ2) is 8.76. The maximum atomic E-state index is 12.2. The van der Waals surface area contributed by atoms with Crippen molar-refractivity contribution >= 4 is 34.4 Å². The van der Waals surface area contributed by atoms with Crippen molar-refractivity contribution in [3.8, 4) is 6.07 Å². The molecular formula is C20H21N3O4S. The molecule has 0 radical (unpaired) electrons. The van der Waals surface area contributed by atoms with E-state index in [2.05, 4.69) is 11.4 Å². The van der Waals surface area contributed by atoms with Gasteiger partial charge in [0, 0.05) is 25.0 Å². The number of nitrogens with zero attached hydrogens (tertiary/aromatic N) is 2. The molecule has 1 aliphatic rings. The van der Waals surface area contributed by atoms with E-state index in [1.54, 1.807) is 32.3 Å². The Hall–Kier alpha value is -3.05. The zero-order valence-electron chi connectivity index (χ0n) is 15.7. The first-order valence-corrected chi connectivity index (χ1v) is 9.71. The number of carbonyl (C=O) groups is 2. The quantitative estimate of drug-likeness (QED) is 0.774. The van der Waals surface area contributed by atoms with Gasteiger partial charge in [0.05, 0.1) is 18.4 Å². The van der Waals surface area contributed by atoms with Crippen molar-refractivity contribution < 1.29 is 18.7 Å². The summed E-state index contributed by atoms with van der Waals surface area (Å²) in [6.07, 6.45) is 6.43. The van der Waals surface area contributed by atoms with Crippen molar-refractivity contribution in [2.24, 2.45) is 5.92 Å². The van der Waals surface area contributed by atoms with Crippen molar-refractivity contribution in [3.05, 3.63) is 46.2 Å². The third-order valence-electron chi connectivity index (χ3n) is 4.47. The van der Waals surface area contributed by atoms with Gasteiger partial charge in [-0.15, -0.1) is 11.3 Å². The zero-order valence-corrected chi connectivity index (χ0v) is 16.5. The van der Waals surface area contributed by atoms with Gasteiger partial charge in [0.15, 0.2) is 0 Å². The Morgan fingerprint density at radius 3 is 3.00 bits per heavy atom. The molecule has 8 heteroatoms. The molecule has 28 heavy (non-hydrogen) atoms. The van der Waals surface area contributed by atoms with E-state index < -0.39 is 0 Å². The van der Waals surface area contributed by atoms with Crippen LogP contribution in [0.25, 0.3) is 6.08 Å². The highest BCUT2D eigenvalue weighted by Gasteiger charge is 2.27. The van der Waals surface area contributed by atoms with Gasteiger partial charge in [-0.3, -0.25) is 4.79 Å². The summed E-state index contributed by atoms with van der Waals surface area (Å²) in [7, 11) is 3.30. The average Bonchev–Trinajstić information content (AvgIpc) is 3.31. The van der Waals surface area contributed by atoms with Crippen LogP contribution >= 0.6 is 11.3 Å². The number of fused-ring (bicyclic) bond motifs is 1. The van der Waals surface area contributed by atoms with E-state index in [-0.39, 0.29) is 17.9 Å². The van der Waals surface area contributed by atoms with E-state index in [9.17, 15) is 14.9 Å². The van der Waals surface area contributed by atoms with E-state index in [0.29, 0.717) is 22.9 Å². The Morgan fingerprint density at radius 1 is 1.50 bits per heavy atom. The number of ether oxygens (including phenoxy) is 1. The van der Waals surface area contributed by atoms with Gasteiger partial charge in [0.1, 0.15) is 16.8 Å². The molecule has 2 aromatic rings. The zero-order chi connectivity index (χ0) is 20.1. The minimum atomic E-state index is -0.356. The number of nitriles is 1. The number of nitrogens with one attached hydrogen (secondary N) is 1. The molecule has 2 heterocycles. The van der Waals surface area contributed by atoms with Crippen LogP contribution in [0.2, 0.25) is 0 Å². The Bertz CT molecular complexity index is 922. The normalized spacial score (nSPS) is 15.7. The fraction of sp³-hybridized carbons (Fsp3) is 0.350. The minimum Gasteiger partial charge on any atom is -0.465 e. The van der Waals surface area contributed by atoms with Gasteiger partial charge in [-0.05, 0) is 49.0 Å². The highest BCUT2D eigenvalue weighted by Crippen LogP contribution is 2.39. The van der Waals surface area contributed by atoms with Crippen LogP contribution in [0.1, 0.15) is 28.2 Å². The number of furan rings is 1. The topological polar surface area (TPSA) is 95.6 Å². The highest BCUT2D eigenvalue weighted by molar-refractivity contribution is 7.16. The lowest BCUT2D eigenvalue weighted by molar-refractivity contribution is -0.111. The number of amides is 2. The third-order valence-corrected chi connectivity index (χ3v) is 5.64. The first kappa shape index (κ1) is 19.7. The first-order valence-electron chi connectivity index (χ1n) is 8.89. The molecule has 0 saturated heterocycles. The number of carbonyl (C=O) groups excluding carboxylic acids is 2. The van der Waals surface area contributed by atoms with Crippen LogP contribution < -0.4 is 5.32 Å². The fourth-order valence-electron chi connectivity index (χ4n) is 3.02. The highest BCUT2D eigenvalue weighted by atomic mass is 32.1. The molecule has 1 unspecified atom stereocenters. The molecule has 7 nitrogen and oxygen atoms in total. The van der Waals surface area contributed by atoms with Crippen LogP contribution in [-0.2, 0) is 22.4 Å². The summed E-state index contributed by atoms with van der Waals surface area (Å²) in [5.74, 6) is 0.475. The molecule has 0 saturated carbocycles. The monoisotopic (exact) mass is 399 g/mol. The van der Waals surface area contributed by atoms with Crippen LogP contribution in [-0.4, -0.2) is 37.6 Å². The van der Waals surface area contributed by atoms with Crippen molar-refractivity contribution in [1.82, 2.24) is 4.90 Å². The molecule has 2 aromatic heterocycles. The summed E-state index contributed by atoms with van der Waals surface area (Å²) in [6, 6.07) is 5.71. The molecule has 0 fully saturated rings. The minimum absolute atomic E-state index is 0.212. The molecule has 0 spiro atoms. The summed E-state index contributed by atoms with van der Waals surface area (Å²) < 4.78 is 10.4. The SMILES string of the molecule is CN(C)C(=O)OCC1CCc2c(sc(NC(=O)C=Cc3ccco3)c2C#N)C1. The van der Waals surface area contributed by atoms with Crippen LogP contribution in [0.5, 0.6) is 0 Å². The standard InChI is InChI=1S/C20H21N3O4S/c1-23(2)20(25)27-12-13-5-7-15-16(11-21)19(28-17(15)10-13)22-18(24)8-6-14-4-3-9-26-14/h3-4,6,8-9,13H,5,7,10,12H2,1-2H3,(H,22,24). The number of hydrogen-bond acceptors (Lipinski definition) is 6. The molecule has 1 aliphatic carbocycles. The maximum absolute atomic E-state index is 12.2. The molecule has 0 bridgehead atoms. The first-order chi connectivity index (χ1) is 13.5. The lowest BCUT2D eigenvalue weighted by Gasteiger charge is -2.22. The maximum Gasteiger partial charge on any atom is 0.409 e. The van der Waals surface area contributed by atoms with E-state index in [4.69, 9.17) is 9.15 Å². The summed E-state index contributed by atoms with van der Waals surface area (Å²) >= 11 is 1.42. The Balaban J connectivity index is 1.66. The van der Waals surface area contributed by atoms with Gasteiger partial charge in [0.2, 0.25) is 5.91 Å². The Kier molecular flexibility index (Phi) is 6.16. The van der Waals surface area contributed by atoms with Gasteiger partial charge >= 0.3 is 6.09 Å². The van der Waals surface area contributed by atoms with Crippen LogP contribution in [0.3, 0.4) is 0 Å². The molecule has 2 amide bonds. The molecule has 0 aliphatic heterocycles. The number of thiophene rings is 1. The molecule has 3 rings (SSSR count). The Labute approximate surface area is 167 Å². The Morgan fingerprint density at radius 2 is 2.32 bits per heavy atom. The second-order valence-corrected chi connectivity index (χ2v) is 7.84. The van der Waals surface area contributed by atoms with Crippen molar-refractivity contribution in [1.29, 1.82) is 5.26 Å². The molecule has 146 valence electrons. The summed E-state index contributed by atoms with van der Waals surface area (Å²) in [5.41, 5.74) is 1.52. The fourth-order valence-corrected chi connectivity index (χ4v) is 4.33. The number of rotatable bonds is 5. The predicted octanol–water partition coefficient (Wildman–Crippen LogP) is 3.67. The van der Waals surface area contributed by atoms with Gasteiger partial charge < -0.3 is 19.4 Å². The number of anilines is 1. The summed E-state index contributed by atoms with van der Waals surface area (Å²) in [5, 5.41) is 12.9.